The average Bonchev–Trinajstić information content (AvgIpc) is 2.34. The first-order valence-electron chi connectivity index (χ1n) is 4.73. The fraction of sp³-hybridized carbons (Fsp3) is 0.200. The van der Waals surface area contributed by atoms with Crippen molar-refractivity contribution in [2.24, 2.45) is 0 Å². The molecule has 0 aliphatic heterocycles. The van der Waals surface area contributed by atoms with E-state index < -0.39 is 23.6 Å². The normalized spacial score (nSPS) is 11.6. The molecule has 0 heterocycles. The third-order valence-electron chi connectivity index (χ3n) is 2.02. The number of aldehydes is 1. The zero-order valence-electron chi connectivity index (χ0n) is 8.98. The highest BCUT2D eigenvalue weighted by atomic mass is 16.6. The van der Waals surface area contributed by atoms with Gasteiger partial charge in [0, 0.05) is 6.07 Å². The van der Waals surface area contributed by atoms with Crippen LogP contribution < -0.4 is 4.74 Å². The maximum Gasteiger partial charge on any atom is 0.336 e. The smallest absolute Gasteiger partial charge is 0.336 e. The second-order valence-electron chi connectivity index (χ2n) is 3.26. The molecule has 0 amide bonds. The van der Waals surface area contributed by atoms with E-state index in [1.165, 1.54) is 6.07 Å². The molecule has 0 aliphatic rings. The Morgan fingerprint density at radius 3 is 2.72 bits per heavy atom. The molecule has 18 heavy (non-hydrogen) atoms. The first-order chi connectivity index (χ1) is 8.45. The largest absolute Gasteiger partial charge is 0.490 e. The fourth-order valence-corrected chi connectivity index (χ4v) is 1.13. The SMILES string of the molecule is O=Cc1cc(OC[C@@H](O)C(=O)O)ccc1[N+](=O)[O-]. The Kier molecular flexibility index (Phi) is 4.33. The van der Waals surface area contributed by atoms with E-state index in [0.717, 1.165) is 12.1 Å². The summed E-state index contributed by atoms with van der Waals surface area (Å²) in [6.45, 7) is -0.522. The maximum atomic E-state index is 10.6. The second-order valence-corrected chi connectivity index (χ2v) is 3.26. The molecule has 0 saturated carbocycles. The number of aliphatic carboxylic acids is 1. The van der Waals surface area contributed by atoms with Crippen LogP contribution in [0.25, 0.3) is 0 Å². The quantitative estimate of drug-likeness (QED) is 0.423. The molecular formula is C10H9NO7. The number of benzene rings is 1. The van der Waals surface area contributed by atoms with Crippen LogP contribution in [-0.4, -0.2) is 40.1 Å². The van der Waals surface area contributed by atoms with Crippen LogP contribution in [0.15, 0.2) is 18.2 Å². The van der Waals surface area contributed by atoms with Gasteiger partial charge in [0.1, 0.15) is 12.4 Å². The van der Waals surface area contributed by atoms with Crippen LogP contribution in [0, 0.1) is 10.1 Å². The van der Waals surface area contributed by atoms with Gasteiger partial charge in [-0.1, -0.05) is 0 Å². The number of carbonyl (C=O) groups is 2. The van der Waals surface area contributed by atoms with Crippen LogP contribution in [0.3, 0.4) is 0 Å². The van der Waals surface area contributed by atoms with Crippen molar-refractivity contribution in [2.45, 2.75) is 6.10 Å². The van der Waals surface area contributed by atoms with E-state index in [9.17, 15) is 19.7 Å². The number of aliphatic hydroxyl groups excluding tert-OH is 1. The molecule has 0 aromatic heterocycles. The summed E-state index contributed by atoms with van der Waals surface area (Å²) < 4.78 is 4.89. The molecule has 8 nitrogen and oxygen atoms in total. The van der Waals surface area contributed by atoms with Crippen molar-refractivity contribution in [1.82, 2.24) is 0 Å². The minimum Gasteiger partial charge on any atom is -0.490 e. The minimum absolute atomic E-state index is 0.0583. The predicted molar refractivity (Wildman–Crippen MR) is 57.6 cm³/mol. The zero-order chi connectivity index (χ0) is 13.7. The zero-order valence-corrected chi connectivity index (χ0v) is 8.98. The van der Waals surface area contributed by atoms with E-state index in [-0.39, 0.29) is 17.0 Å². The third-order valence-corrected chi connectivity index (χ3v) is 2.02. The van der Waals surface area contributed by atoms with Crippen molar-refractivity contribution in [3.8, 4) is 5.75 Å². The Morgan fingerprint density at radius 2 is 2.22 bits per heavy atom. The van der Waals surface area contributed by atoms with Crippen LogP contribution in [0.2, 0.25) is 0 Å². The first kappa shape index (κ1) is 13.6. The van der Waals surface area contributed by atoms with Gasteiger partial charge in [-0.05, 0) is 12.1 Å². The molecule has 0 spiro atoms. The van der Waals surface area contributed by atoms with Gasteiger partial charge in [0.2, 0.25) is 0 Å². The first-order valence-corrected chi connectivity index (χ1v) is 4.73. The van der Waals surface area contributed by atoms with Crippen LogP contribution in [0.4, 0.5) is 5.69 Å². The molecule has 0 fully saturated rings. The predicted octanol–water partition coefficient (Wildman–Crippen LogP) is 0.232. The number of nitrogens with zero attached hydrogens (tertiary/aromatic N) is 1. The standard InChI is InChI=1S/C10H9NO7/c12-4-6-3-7(1-2-8(6)11(16)17)18-5-9(13)10(14)15/h1-4,9,13H,5H2,(H,14,15)/t9-/m1/s1. The molecular weight excluding hydrogens is 246 g/mol. The number of carboxylic acids is 1. The summed E-state index contributed by atoms with van der Waals surface area (Å²) in [4.78, 5) is 30.8. The highest BCUT2D eigenvalue weighted by Crippen LogP contribution is 2.22. The molecule has 0 saturated heterocycles. The molecule has 96 valence electrons. The van der Waals surface area contributed by atoms with Crippen LogP contribution >= 0.6 is 0 Å². The van der Waals surface area contributed by atoms with Crippen molar-refractivity contribution in [1.29, 1.82) is 0 Å². The summed E-state index contributed by atoms with van der Waals surface area (Å²) in [5.41, 5.74) is -0.571. The summed E-state index contributed by atoms with van der Waals surface area (Å²) in [5.74, 6) is -1.39. The van der Waals surface area contributed by atoms with Crippen molar-refractivity contribution >= 4 is 17.9 Å². The molecule has 1 rings (SSSR count). The van der Waals surface area contributed by atoms with Gasteiger partial charge in [0.05, 0.1) is 10.5 Å². The number of carboxylic acid groups (broad SMARTS) is 1. The Bertz CT molecular complexity index is 485. The van der Waals surface area contributed by atoms with E-state index >= 15 is 0 Å². The fourth-order valence-electron chi connectivity index (χ4n) is 1.13. The lowest BCUT2D eigenvalue weighted by Gasteiger charge is -2.08. The minimum atomic E-state index is -1.71. The molecule has 8 heteroatoms. The van der Waals surface area contributed by atoms with Crippen molar-refractivity contribution < 1.29 is 29.5 Å². The van der Waals surface area contributed by atoms with Gasteiger partial charge in [-0.15, -0.1) is 0 Å². The van der Waals surface area contributed by atoms with Gasteiger partial charge in [-0.2, -0.15) is 0 Å². The highest BCUT2D eigenvalue weighted by molar-refractivity contribution is 5.82. The summed E-state index contributed by atoms with van der Waals surface area (Å²) >= 11 is 0. The third kappa shape index (κ3) is 3.25. The highest BCUT2D eigenvalue weighted by Gasteiger charge is 2.16. The number of hydrogen-bond acceptors (Lipinski definition) is 6. The summed E-state index contributed by atoms with van der Waals surface area (Å²) in [7, 11) is 0. The number of nitro benzene ring substituents is 1. The number of carbonyl (C=O) groups excluding carboxylic acids is 1. The van der Waals surface area contributed by atoms with E-state index in [0.29, 0.717) is 6.29 Å². The van der Waals surface area contributed by atoms with E-state index in [1.807, 2.05) is 0 Å². The monoisotopic (exact) mass is 255 g/mol. The van der Waals surface area contributed by atoms with Crippen LogP contribution in [-0.2, 0) is 4.79 Å². The van der Waals surface area contributed by atoms with Gasteiger partial charge >= 0.3 is 5.97 Å². The van der Waals surface area contributed by atoms with Gasteiger partial charge in [0.25, 0.3) is 5.69 Å². The molecule has 1 aromatic rings. The van der Waals surface area contributed by atoms with E-state index in [1.54, 1.807) is 0 Å². The van der Waals surface area contributed by atoms with Gasteiger partial charge < -0.3 is 14.9 Å². The molecule has 0 aliphatic carbocycles. The lowest BCUT2D eigenvalue weighted by atomic mass is 10.2. The molecule has 0 unspecified atom stereocenters. The Hall–Kier alpha value is -2.48. The topological polar surface area (TPSA) is 127 Å². The number of hydrogen-bond donors (Lipinski definition) is 2. The van der Waals surface area contributed by atoms with Gasteiger partial charge in [0.15, 0.2) is 12.4 Å². The van der Waals surface area contributed by atoms with E-state index in [2.05, 4.69) is 0 Å². The van der Waals surface area contributed by atoms with Crippen molar-refractivity contribution in [3.05, 3.63) is 33.9 Å². The van der Waals surface area contributed by atoms with Gasteiger partial charge in [-0.3, -0.25) is 14.9 Å². The summed E-state index contributed by atoms with van der Waals surface area (Å²) in [6.07, 6.45) is -1.42. The number of nitro groups is 1. The summed E-state index contributed by atoms with van der Waals surface area (Å²) in [5, 5.41) is 27.9. The Balaban J connectivity index is 2.83. The number of ether oxygens (including phenoxy) is 1. The lowest BCUT2D eigenvalue weighted by molar-refractivity contribution is -0.385. The summed E-state index contributed by atoms with van der Waals surface area (Å²) in [6, 6.07) is 3.37. The van der Waals surface area contributed by atoms with E-state index in [4.69, 9.17) is 14.9 Å². The Labute approximate surface area is 101 Å². The van der Waals surface area contributed by atoms with Crippen LogP contribution in [0.1, 0.15) is 10.4 Å². The average molecular weight is 255 g/mol. The molecule has 0 radical (unpaired) electrons. The molecule has 2 N–H and O–H groups in total. The van der Waals surface area contributed by atoms with Crippen molar-refractivity contribution in [3.63, 3.8) is 0 Å². The second kappa shape index (κ2) is 5.73. The molecule has 1 atom stereocenters. The molecule has 1 aromatic carbocycles. The maximum absolute atomic E-state index is 10.6. The number of aliphatic hydroxyl groups is 1. The molecule has 0 bridgehead atoms. The number of rotatable bonds is 6. The van der Waals surface area contributed by atoms with Crippen LogP contribution in [0.5, 0.6) is 5.75 Å². The Morgan fingerprint density at radius 1 is 1.56 bits per heavy atom. The van der Waals surface area contributed by atoms with Crippen molar-refractivity contribution in [2.75, 3.05) is 6.61 Å². The van der Waals surface area contributed by atoms with Gasteiger partial charge in [-0.25, -0.2) is 4.79 Å². The lowest BCUT2D eigenvalue weighted by Crippen LogP contribution is -2.26.